The lowest BCUT2D eigenvalue weighted by atomic mass is 9.90. The molecule has 0 saturated heterocycles. The molecule has 0 bridgehead atoms. The minimum atomic E-state index is -0.355. The van der Waals surface area contributed by atoms with E-state index in [9.17, 15) is 4.79 Å². The fourth-order valence-corrected chi connectivity index (χ4v) is 0.884. The van der Waals surface area contributed by atoms with Crippen LogP contribution in [-0.4, -0.2) is 10.7 Å². The van der Waals surface area contributed by atoms with E-state index in [1.807, 2.05) is 20.8 Å². The van der Waals surface area contributed by atoms with E-state index < -0.39 is 0 Å². The van der Waals surface area contributed by atoms with Crippen molar-refractivity contribution in [2.75, 3.05) is 0 Å². The van der Waals surface area contributed by atoms with Gasteiger partial charge in [-0.3, -0.25) is 4.79 Å². The second kappa shape index (κ2) is 3.38. The quantitative estimate of drug-likeness (QED) is 0.584. The molecule has 0 aromatic carbocycles. The van der Waals surface area contributed by atoms with Crippen molar-refractivity contribution in [1.29, 1.82) is 0 Å². The van der Waals surface area contributed by atoms with Gasteiger partial charge in [0.1, 0.15) is 5.78 Å². The van der Waals surface area contributed by atoms with Crippen LogP contribution in [0.4, 0.5) is 0 Å². The van der Waals surface area contributed by atoms with Gasteiger partial charge < -0.3 is 0 Å². The Morgan fingerprint density at radius 3 is 2.20 bits per heavy atom. The molecule has 0 saturated carbocycles. The van der Waals surface area contributed by atoms with Crippen LogP contribution in [0.1, 0.15) is 34.1 Å². The van der Waals surface area contributed by atoms with Crippen LogP contribution in [0.2, 0.25) is 0 Å². The summed E-state index contributed by atoms with van der Waals surface area (Å²) >= 11 is 6.05. The first-order valence-corrected chi connectivity index (χ1v) is 3.99. The Morgan fingerprint density at radius 2 is 2.10 bits per heavy atom. The largest absolute Gasteiger partial charge is 0.300 e. The lowest BCUT2D eigenvalue weighted by molar-refractivity contribution is -0.121. The molecule has 1 nitrogen and oxygen atoms in total. The third-order valence-electron chi connectivity index (χ3n) is 2.20. The van der Waals surface area contributed by atoms with Crippen molar-refractivity contribution < 1.29 is 4.79 Å². The summed E-state index contributed by atoms with van der Waals surface area (Å²) in [6, 6.07) is 0. The molecule has 2 atom stereocenters. The molecule has 0 rings (SSSR count). The van der Waals surface area contributed by atoms with Gasteiger partial charge >= 0.3 is 0 Å². The lowest BCUT2D eigenvalue weighted by Crippen LogP contribution is -2.30. The van der Waals surface area contributed by atoms with E-state index in [1.165, 1.54) is 0 Å². The molecule has 0 heterocycles. The van der Waals surface area contributed by atoms with E-state index in [1.54, 1.807) is 6.92 Å². The van der Waals surface area contributed by atoms with Gasteiger partial charge in [-0.2, -0.15) is 0 Å². The maximum Gasteiger partial charge on any atom is 0.134 e. The maximum absolute atomic E-state index is 10.9. The van der Waals surface area contributed by atoms with Gasteiger partial charge in [-0.25, -0.2) is 0 Å². The molecule has 2 heteroatoms. The Bertz CT molecular complexity index is 129. The highest BCUT2D eigenvalue weighted by Gasteiger charge is 2.29. The number of carbonyl (C=O) groups is 1. The van der Waals surface area contributed by atoms with Crippen LogP contribution in [0.5, 0.6) is 0 Å². The zero-order valence-corrected chi connectivity index (χ0v) is 7.83. The molecule has 2 unspecified atom stereocenters. The molecular formula is C8H15ClO. The highest BCUT2D eigenvalue weighted by Crippen LogP contribution is 2.28. The number of carbonyl (C=O) groups excluding carboxylic acids is 1. The third kappa shape index (κ3) is 2.30. The van der Waals surface area contributed by atoms with Gasteiger partial charge in [-0.05, 0) is 20.3 Å². The molecule has 0 aliphatic heterocycles. The van der Waals surface area contributed by atoms with Gasteiger partial charge in [-0.1, -0.05) is 13.8 Å². The zero-order chi connectivity index (χ0) is 8.36. The van der Waals surface area contributed by atoms with Crippen LogP contribution in [0.15, 0.2) is 0 Å². The number of hydrogen-bond donors (Lipinski definition) is 0. The average molecular weight is 163 g/mol. The van der Waals surface area contributed by atoms with Crippen molar-refractivity contribution in [1.82, 2.24) is 0 Å². The summed E-state index contributed by atoms with van der Waals surface area (Å²) in [5.74, 6) is 0.124. The van der Waals surface area contributed by atoms with Crippen LogP contribution in [-0.2, 0) is 4.79 Å². The number of ketones is 1. The van der Waals surface area contributed by atoms with Crippen molar-refractivity contribution in [3.63, 3.8) is 0 Å². The molecule has 0 fully saturated rings. The first-order chi connectivity index (χ1) is 4.41. The molecule has 0 aromatic rings. The number of halogens is 1. The minimum absolute atomic E-state index is 0.0424. The molecule has 0 N–H and O–H groups in total. The Kier molecular flexibility index (Phi) is 3.37. The Hall–Kier alpha value is -0.0400. The van der Waals surface area contributed by atoms with E-state index in [0.29, 0.717) is 0 Å². The zero-order valence-electron chi connectivity index (χ0n) is 7.07. The standard InChI is InChI=1S/C8H15ClO/c1-5-8(4,9)6(2)7(3)10/h6H,5H2,1-4H3. The fraction of sp³-hybridized carbons (Fsp3) is 0.875. The average Bonchev–Trinajstić information content (AvgIpc) is 1.86. The predicted molar refractivity (Wildman–Crippen MR) is 44.4 cm³/mol. The molecule has 0 spiro atoms. The van der Waals surface area contributed by atoms with Crippen LogP contribution in [0, 0.1) is 5.92 Å². The van der Waals surface area contributed by atoms with Crippen LogP contribution >= 0.6 is 11.6 Å². The lowest BCUT2D eigenvalue weighted by Gasteiger charge is -2.25. The molecule has 0 aliphatic rings. The first-order valence-electron chi connectivity index (χ1n) is 3.61. The maximum atomic E-state index is 10.9. The van der Waals surface area contributed by atoms with Gasteiger partial charge in [0, 0.05) is 5.92 Å². The second-order valence-corrected chi connectivity index (χ2v) is 3.83. The predicted octanol–water partition coefficient (Wildman–Crippen LogP) is 2.62. The number of Topliss-reactive ketones (excluding diaryl/α,β-unsaturated/α-hetero) is 1. The normalized spacial score (nSPS) is 19.7. The molecule has 0 aliphatic carbocycles. The number of rotatable bonds is 3. The molecule has 10 heavy (non-hydrogen) atoms. The van der Waals surface area contributed by atoms with Crippen LogP contribution < -0.4 is 0 Å². The van der Waals surface area contributed by atoms with Gasteiger partial charge in [-0.15, -0.1) is 11.6 Å². The molecule has 0 aromatic heterocycles. The topological polar surface area (TPSA) is 17.1 Å². The minimum Gasteiger partial charge on any atom is -0.300 e. The number of hydrogen-bond acceptors (Lipinski definition) is 1. The van der Waals surface area contributed by atoms with Crippen molar-refractivity contribution in [3.05, 3.63) is 0 Å². The van der Waals surface area contributed by atoms with Crippen molar-refractivity contribution in [2.45, 2.75) is 39.0 Å². The Labute approximate surface area is 67.8 Å². The molecule has 0 amide bonds. The molecular weight excluding hydrogens is 148 g/mol. The van der Waals surface area contributed by atoms with E-state index in [-0.39, 0.29) is 16.6 Å². The van der Waals surface area contributed by atoms with E-state index in [0.717, 1.165) is 6.42 Å². The van der Waals surface area contributed by atoms with Gasteiger partial charge in [0.2, 0.25) is 0 Å². The third-order valence-corrected chi connectivity index (χ3v) is 2.80. The van der Waals surface area contributed by atoms with Crippen molar-refractivity contribution >= 4 is 17.4 Å². The van der Waals surface area contributed by atoms with Crippen molar-refractivity contribution in [3.8, 4) is 0 Å². The second-order valence-electron chi connectivity index (χ2n) is 2.96. The molecule has 60 valence electrons. The van der Waals surface area contributed by atoms with Gasteiger partial charge in [0.25, 0.3) is 0 Å². The van der Waals surface area contributed by atoms with Crippen LogP contribution in [0.3, 0.4) is 0 Å². The van der Waals surface area contributed by atoms with E-state index >= 15 is 0 Å². The number of alkyl halides is 1. The smallest absolute Gasteiger partial charge is 0.134 e. The highest BCUT2D eigenvalue weighted by molar-refractivity contribution is 6.25. The van der Waals surface area contributed by atoms with Crippen molar-refractivity contribution in [2.24, 2.45) is 5.92 Å². The Morgan fingerprint density at radius 1 is 1.70 bits per heavy atom. The SMILES string of the molecule is CCC(C)(Cl)C(C)C(C)=O. The van der Waals surface area contributed by atoms with E-state index in [2.05, 4.69) is 0 Å². The fourth-order valence-electron chi connectivity index (χ4n) is 0.730. The Balaban J connectivity index is 4.17. The van der Waals surface area contributed by atoms with Crippen LogP contribution in [0.25, 0.3) is 0 Å². The summed E-state index contributed by atoms with van der Waals surface area (Å²) in [5, 5.41) is 0. The summed E-state index contributed by atoms with van der Waals surface area (Å²) in [6.45, 7) is 7.35. The van der Waals surface area contributed by atoms with Gasteiger partial charge in [0.15, 0.2) is 0 Å². The van der Waals surface area contributed by atoms with E-state index in [4.69, 9.17) is 11.6 Å². The summed E-state index contributed by atoms with van der Waals surface area (Å²) in [7, 11) is 0. The summed E-state index contributed by atoms with van der Waals surface area (Å²) < 4.78 is 0. The summed E-state index contributed by atoms with van der Waals surface area (Å²) in [5.41, 5.74) is 0. The summed E-state index contributed by atoms with van der Waals surface area (Å²) in [4.78, 5) is 10.5. The van der Waals surface area contributed by atoms with Gasteiger partial charge in [0.05, 0.1) is 4.87 Å². The summed E-state index contributed by atoms with van der Waals surface area (Å²) in [6.07, 6.45) is 0.829. The highest BCUT2D eigenvalue weighted by atomic mass is 35.5. The molecule has 0 radical (unpaired) electrons. The first kappa shape index (κ1) is 9.96. The monoisotopic (exact) mass is 162 g/mol.